The van der Waals surface area contributed by atoms with E-state index in [-0.39, 0.29) is 16.7 Å². The summed E-state index contributed by atoms with van der Waals surface area (Å²) >= 11 is 0. The highest BCUT2D eigenvalue weighted by Gasteiger charge is 1.92. The zero-order valence-electron chi connectivity index (χ0n) is 14.5. The molecule has 138 valence electrons. The summed E-state index contributed by atoms with van der Waals surface area (Å²) in [6.45, 7) is 18.4. The van der Waals surface area contributed by atoms with Crippen LogP contribution in [-0.4, -0.2) is 59.4 Å². The first-order valence-electron chi connectivity index (χ1n) is 7.01. The van der Waals surface area contributed by atoms with Crippen molar-refractivity contribution >= 4 is 17.9 Å². The van der Waals surface area contributed by atoms with Crippen molar-refractivity contribution in [3.63, 3.8) is 0 Å². The summed E-state index contributed by atoms with van der Waals surface area (Å²) < 4.78 is 0. The number of hydrogen-bond acceptors (Lipinski definition) is 5. The van der Waals surface area contributed by atoms with E-state index in [1.807, 2.05) is 0 Å². The van der Waals surface area contributed by atoms with E-state index < -0.39 is 17.9 Å². The van der Waals surface area contributed by atoms with Gasteiger partial charge in [-0.1, -0.05) is 19.7 Å². The van der Waals surface area contributed by atoms with Crippen LogP contribution in [0, 0.1) is 0 Å². The second-order valence-electron chi connectivity index (χ2n) is 4.76. The molecule has 0 aromatic rings. The number of carboxylic acid groups (broad SMARTS) is 3. The Balaban J connectivity index is -0.000000245. The molecule has 0 atom stereocenters. The molecule has 8 heteroatoms. The number of piperazine rings is 1. The van der Waals surface area contributed by atoms with E-state index in [4.69, 9.17) is 15.3 Å². The Morgan fingerprint density at radius 2 is 0.750 bits per heavy atom. The standard InChI is InChI=1S/C4H10N2.3C4H6O2/c1-2-6-4-3-5-1;3*1-3(2)4(5)6/h5-6H,1-4H2;3*1H2,2H3,(H,5,6). The van der Waals surface area contributed by atoms with Gasteiger partial charge in [-0.2, -0.15) is 0 Å². The summed E-state index contributed by atoms with van der Waals surface area (Å²) in [4.78, 5) is 28.8. The van der Waals surface area contributed by atoms with E-state index in [2.05, 4.69) is 30.4 Å². The van der Waals surface area contributed by atoms with Gasteiger partial charge in [0.25, 0.3) is 0 Å². The predicted molar refractivity (Wildman–Crippen MR) is 93.1 cm³/mol. The van der Waals surface area contributed by atoms with Crippen molar-refractivity contribution in [2.45, 2.75) is 20.8 Å². The Morgan fingerprint density at radius 1 is 0.625 bits per heavy atom. The fourth-order valence-corrected chi connectivity index (χ4v) is 0.604. The third-order valence-electron chi connectivity index (χ3n) is 2.05. The van der Waals surface area contributed by atoms with E-state index >= 15 is 0 Å². The van der Waals surface area contributed by atoms with Crippen molar-refractivity contribution in [3.05, 3.63) is 36.5 Å². The van der Waals surface area contributed by atoms with Crippen LogP contribution in [0.25, 0.3) is 0 Å². The van der Waals surface area contributed by atoms with Crippen LogP contribution in [0.2, 0.25) is 0 Å². The van der Waals surface area contributed by atoms with Gasteiger partial charge >= 0.3 is 17.9 Å². The third kappa shape index (κ3) is 27.8. The highest BCUT2D eigenvalue weighted by molar-refractivity contribution is 5.85. The van der Waals surface area contributed by atoms with Crippen molar-refractivity contribution in [3.8, 4) is 0 Å². The molecule has 1 aliphatic rings. The van der Waals surface area contributed by atoms with Crippen molar-refractivity contribution in [1.29, 1.82) is 0 Å². The largest absolute Gasteiger partial charge is 0.478 e. The zero-order chi connectivity index (χ0) is 19.7. The summed E-state index contributed by atoms with van der Waals surface area (Å²) in [7, 11) is 0. The molecule has 0 aliphatic carbocycles. The number of carbonyl (C=O) groups is 3. The second kappa shape index (κ2) is 16.9. The highest BCUT2D eigenvalue weighted by Crippen LogP contribution is 1.82. The highest BCUT2D eigenvalue weighted by atomic mass is 16.4. The lowest BCUT2D eigenvalue weighted by atomic mass is 10.4. The van der Waals surface area contributed by atoms with Gasteiger partial charge in [0, 0.05) is 42.9 Å². The van der Waals surface area contributed by atoms with Gasteiger partial charge in [-0.3, -0.25) is 0 Å². The first kappa shape index (κ1) is 26.4. The van der Waals surface area contributed by atoms with Crippen LogP contribution in [0.3, 0.4) is 0 Å². The van der Waals surface area contributed by atoms with Crippen LogP contribution in [0.15, 0.2) is 36.5 Å². The number of hydrogen-bond donors (Lipinski definition) is 5. The Hall–Kier alpha value is -2.45. The average molecular weight is 344 g/mol. The maximum Gasteiger partial charge on any atom is 0.330 e. The Labute approximate surface area is 142 Å². The Kier molecular flexibility index (Phi) is 18.6. The molecule has 5 N–H and O–H groups in total. The van der Waals surface area contributed by atoms with Crippen molar-refractivity contribution < 1.29 is 29.7 Å². The molecule has 0 spiro atoms. The summed E-state index contributed by atoms with van der Waals surface area (Å²) in [5, 5.41) is 30.1. The van der Waals surface area contributed by atoms with Crippen LogP contribution >= 0.6 is 0 Å². The Bertz CT molecular complexity index is 349. The minimum atomic E-state index is -0.935. The van der Waals surface area contributed by atoms with Gasteiger partial charge in [0.15, 0.2) is 0 Å². The van der Waals surface area contributed by atoms with Gasteiger partial charge in [0.2, 0.25) is 0 Å². The first-order valence-corrected chi connectivity index (χ1v) is 7.01. The molecule has 8 nitrogen and oxygen atoms in total. The van der Waals surface area contributed by atoms with Crippen LogP contribution in [0.5, 0.6) is 0 Å². The maximum absolute atomic E-state index is 9.60. The molecule has 1 rings (SSSR count). The maximum atomic E-state index is 9.60. The van der Waals surface area contributed by atoms with Gasteiger partial charge in [0.1, 0.15) is 0 Å². The molecule has 0 bridgehead atoms. The van der Waals surface area contributed by atoms with Gasteiger partial charge < -0.3 is 26.0 Å². The summed E-state index contributed by atoms with van der Waals surface area (Å²) in [6, 6.07) is 0. The minimum absolute atomic E-state index is 0.176. The normalized spacial score (nSPS) is 11.6. The quantitative estimate of drug-likeness (QED) is 0.481. The fourth-order valence-electron chi connectivity index (χ4n) is 0.604. The van der Waals surface area contributed by atoms with Gasteiger partial charge in [-0.15, -0.1) is 0 Å². The molecule has 1 fully saturated rings. The van der Waals surface area contributed by atoms with Crippen molar-refractivity contribution in [1.82, 2.24) is 10.6 Å². The third-order valence-corrected chi connectivity index (χ3v) is 2.05. The lowest BCUT2D eigenvalue weighted by Gasteiger charge is -2.11. The first-order chi connectivity index (χ1) is 10.9. The van der Waals surface area contributed by atoms with Crippen LogP contribution < -0.4 is 10.6 Å². The summed E-state index contributed by atoms with van der Waals surface area (Å²) in [5.74, 6) is -2.81. The number of aliphatic carboxylic acids is 3. The van der Waals surface area contributed by atoms with Gasteiger partial charge in [0.05, 0.1) is 0 Å². The molecular weight excluding hydrogens is 316 g/mol. The number of nitrogens with one attached hydrogen (secondary N) is 2. The Morgan fingerprint density at radius 3 is 0.792 bits per heavy atom. The topological polar surface area (TPSA) is 136 Å². The molecule has 1 aliphatic heterocycles. The monoisotopic (exact) mass is 344 g/mol. The molecule has 0 unspecified atom stereocenters. The SMILES string of the molecule is C1CNCCN1.C=C(C)C(=O)O.C=C(C)C(=O)O.C=C(C)C(=O)O. The van der Waals surface area contributed by atoms with Gasteiger partial charge in [-0.25, -0.2) is 14.4 Å². The summed E-state index contributed by atoms with van der Waals surface area (Å²) in [6.07, 6.45) is 0. The predicted octanol–water partition coefficient (Wildman–Crippen LogP) is 1.12. The lowest BCUT2D eigenvalue weighted by molar-refractivity contribution is -0.133. The van der Waals surface area contributed by atoms with E-state index in [1.54, 1.807) is 0 Å². The average Bonchev–Trinajstić information content (AvgIpc) is 2.50. The molecule has 0 radical (unpaired) electrons. The molecule has 1 heterocycles. The van der Waals surface area contributed by atoms with Crippen molar-refractivity contribution in [2.75, 3.05) is 26.2 Å². The van der Waals surface area contributed by atoms with Crippen LogP contribution in [0.4, 0.5) is 0 Å². The van der Waals surface area contributed by atoms with Crippen molar-refractivity contribution in [2.24, 2.45) is 0 Å². The van der Waals surface area contributed by atoms with Gasteiger partial charge in [-0.05, 0) is 20.8 Å². The zero-order valence-corrected chi connectivity index (χ0v) is 14.5. The molecule has 24 heavy (non-hydrogen) atoms. The molecule has 0 aromatic heterocycles. The lowest BCUT2D eigenvalue weighted by Crippen LogP contribution is -2.39. The summed E-state index contributed by atoms with van der Waals surface area (Å²) in [5.41, 5.74) is 0.528. The number of rotatable bonds is 3. The molecule has 0 saturated carbocycles. The van der Waals surface area contributed by atoms with E-state index in [0.717, 1.165) is 26.2 Å². The minimum Gasteiger partial charge on any atom is -0.478 e. The van der Waals surface area contributed by atoms with Crippen LogP contribution in [-0.2, 0) is 14.4 Å². The second-order valence-corrected chi connectivity index (χ2v) is 4.76. The molecule has 0 aromatic carbocycles. The van der Waals surface area contributed by atoms with E-state index in [0.29, 0.717) is 0 Å². The smallest absolute Gasteiger partial charge is 0.330 e. The van der Waals surface area contributed by atoms with E-state index in [9.17, 15) is 14.4 Å². The number of carboxylic acids is 3. The molecular formula is C16H28N2O6. The molecule has 0 amide bonds. The van der Waals surface area contributed by atoms with Crippen LogP contribution in [0.1, 0.15) is 20.8 Å². The van der Waals surface area contributed by atoms with E-state index in [1.165, 1.54) is 20.8 Å². The fraction of sp³-hybridized carbons (Fsp3) is 0.438. The molecule has 1 saturated heterocycles.